The molecule has 3 rings (SSSR count). The number of carbonyl (C=O) groups excluding carboxylic acids is 1. The number of aromatic nitrogens is 1. The number of nitrogens with zero attached hydrogens (tertiary/aromatic N) is 2. The number of ether oxygens (including phenoxy) is 2. The lowest BCUT2D eigenvalue weighted by Gasteiger charge is -2.25. The minimum atomic E-state index is -0.509. The molecule has 1 aromatic heterocycles. The number of carbonyl (C=O) groups is 1. The van der Waals surface area contributed by atoms with Gasteiger partial charge in [0, 0.05) is 31.7 Å². The highest BCUT2D eigenvalue weighted by Crippen LogP contribution is 2.29. The number of nitrogens with one attached hydrogen (secondary N) is 2. The van der Waals surface area contributed by atoms with Gasteiger partial charge in [0.05, 0.1) is 17.7 Å². The van der Waals surface area contributed by atoms with E-state index in [1.165, 1.54) is 18.3 Å². The molecular weight excluding hydrogens is 399 g/mol. The van der Waals surface area contributed by atoms with Gasteiger partial charge in [0.15, 0.2) is 6.61 Å². The van der Waals surface area contributed by atoms with E-state index in [9.17, 15) is 9.18 Å². The zero-order chi connectivity index (χ0) is 20.6. The van der Waals surface area contributed by atoms with Crippen LogP contribution in [0.25, 0.3) is 0 Å². The van der Waals surface area contributed by atoms with Gasteiger partial charge in [-0.2, -0.15) is 5.26 Å². The molecule has 7 nitrogen and oxygen atoms in total. The van der Waals surface area contributed by atoms with Gasteiger partial charge in [0.2, 0.25) is 5.88 Å². The van der Waals surface area contributed by atoms with Gasteiger partial charge in [-0.25, -0.2) is 9.37 Å². The van der Waals surface area contributed by atoms with Crippen molar-refractivity contribution in [1.82, 2.24) is 15.6 Å². The second-order valence-corrected chi connectivity index (χ2v) is 6.90. The third-order valence-electron chi connectivity index (χ3n) is 4.48. The first-order chi connectivity index (χ1) is 14.1. The Morgan fingerprint density at radius 2 is 2.34 bits per heavy atom. The van der Waals surface area contributed by atoms with E-state index in [1.54, 1.807) is 18.2 Å². The van der Waals surface area contributed by atoms with E-state index < -0.39 is 5.82 Å². The second-order valence-electron chi connectivity index (χ2n) is 6.49. The van der Waals surface area contributed by atoms with Gasteiger partial charge in [0.1, 0.15) is 17.4 Å². The van der Waals surface area contributed by atoms with Crippen molar-refractivity contribution in [3.63, 3.8) is 0 Å². The molecule has 2 atom stereocenters. The monoisotopic (exact) mass is 418 g/mol. The van der Waals surface area contributed by atoms with Crippen molar-refractivity contribution >= 4 is 17.5 Å². The summed E-state index contributed by atoms with van der Waals surface area (Å²) in [7, 11) is 0. The minimum absolute atomic E-state index is 0.0498. The van der Waals surface area contributed by atoms with Crippen LogP contribution in [0.3, 0.4) is 0 Å². The molecule has 152 valence electrons. The number of pyridine rings is 1. The molecule has 1 fully saturated rings. The third kappa shape index (κ3) is 5.64. The van der Waals surface area contributed by atoms with Gasteiger partial charge >= 0.3 is 0 Å². The first-order valence-corrected chi connectivity index (χ1v) is 9.48. The smallest absolute Gasteiger partial charge is 0.258 e. The zero-order valence-corrected chi connectivity index (χ0v) is 16.3. The summed E-state index contributed by atoms with van der Waals surface area (Å²) in [5.41, 5.74) is 0.921. The lowest BCUT2D eigenvalue weighted by molar-refractivity contribution is -0.123. The molecule has 0 spiro atoms. The molecular formula is C20H20ClFN4O3. The molecule has 9 heteroatoms. The fourth-order valence-corrected chi connectivity index (χ4v) is 3.16. The summed E-state index contributed by atoms with van der Waals surface area (Å²) in [4.78, 5) is 16.2. The van der Waals surface area contributed by atoms with E-state index in [0.717, 1.165) is 0 Å². The first kappa shape index (κ1) is 21.0. The summed E-state index contributed by atoms with van der Waals surface area (Å²) >= 11 is 5.77. The van der Waals surface area contributed by atoms with E-state index in [-0.39, 0.29) is 41.0 Å². The van der Waals surface area contributed by atoms with Crippen LogP contribution in [-0.2, 0) is 9.53 Å². The van der Waals surface area contributed by atoms with Crippen LogP contribution >= 0.6 is 11.6 Å². The summed E-state index contributed by atoms with van der Waals surface area (Å²) < 4.78 is 25.1. The van der Waals surface area contributed by atoms with Crippen LogP contribution in [-0.4, -0.2) is 43.7 Å². The number of benzene rings is 1. The van der Waals surface area contributed by atoms with Gasteiger partial charge in [-0.15, -0.1) is 0 Å². The average Bonchev–Trinajstić information content (AvgIpc) is 2.98. The molecule has 0 unspecified atom stereocenters. The van der Waals surface area contributed by atoms with Crippen molar-refractivity contribution < 1.29 is 18.7 Å². The van der Waals surface area contributed by atoms with Crippen molar-refractivity contribution in [1.29, 1.82) is 5.26 Å². The van der Waals surface area contributed by atoms with E-state index in [1.807, 2.05) is 6.07 Å². The zero-order valence-electron chi connectivity index (χ0n) is 15.5. The standard InChI is InChI=1S/C20H20ClFN4O3/c21-16-4-3-13(8-17(16)22)19-15(10-24-6-7-28-19)11-26-18(27)12-29-20-14(9-23)2-1-5-25-20/h1-5,8,15,19,24H,6-7,10-12H2,(H,26,27)/t15-,19-/m0/s1. The van der Waals surface area contributed by atoms with Crippen LogP contribution in [0.5, 0.6) is 5.88 Å². The number of hydrogen-bond acceptors (Lipinski definition) is 6. The van der Waals surface area contributed by atoms with Crippen LogP contribution in [0.2, 0.25) is 5.02 Å². The average molecular weight is 419 g/mol. The van der Waals surface area contributed by atoms with Gasteiger partial charge in [-0.3, -0.25) is 4.79 Å². The van der Waals surface area contributed by atoms with Crippen molar-refractivity contribution in [3.8, 4) is 11.9 Å². The first-order valence-electron chi connectivity index (χ1n) is 9.10. The van der Waals surface area contributed by atoms with Gasteiger partial charge < -0.3 is 20.1 Å². The van der Waals surface area contributed by atoms with Crippen LogP contribution in [0, 0.1) is 23.1 Å². The Kier molecular flexibility index (Phi) is 7.36. The normalized spacial score (nSPS) is 19.1. The lowest BCUT2D eigenvalue weighted by Crippen LogP contribution is -2.38. The van der Waals surface area contributed by atoms with E-state index >= 15 is 0 Å². The van der Waals surface area contributed by atoms with Gasteiger partial charge in [0.25, 0.3) is 5.91 Å². The summed E-state index contributed by atoms with van der Waals surface area (Å²) in [6.07, 6.45) is 1.09. The molecule has 2 N–H and O–H groups in total. The van der Waals surface area contributed by atoms with Crippen molar-refractivity contribution in [2.24, 2.45) is 5.92 Å². The van der Waals surface area contributed by atoms with Crippen molar-refractivity contribution in [2.75, 3.05) is 32.8 Å². The molecule has 1 aliphatic heterocycles. The van der Waals surface area contributed by atoms with E-state index in [0.29, 0.717) is 31.8 Å². The Morgan fingerprint density at radius 3 is 3.14 bits per heavy atom. The highest BCUT2D eigenvalue weighted by molar-refractivity contribution is 6.30. The van der Waals surface area contributed by atoms with Crippen LogP contribution in [0.15, 0.2) is 36.5 Å². The number of halogens is 2. The number of rotatable bonds is 6. The predicted molar refractivity (Wildman–Crippen MR) is 104 cm³/mol. The maximum absolute atomic E-state index is 13.9. The Balaban J connectivity index is 1.60. The molecule has 0 bridgehead atoms. The van der Waals surface area contributed by atoms with E-state index in [2.05, 4.69) is 15.6 Å². The Bertz CT molecular complexity index is 906. The molecule has 29 heavy (non-hydrogen) atoms. The lowest BCUT2D eigenvalue weighted by atomic mass is 9.95. The molecule has 0 aliphatic carbocycles. The number of hydrogen-bond donors (Lipinski definition) is 2. The molecule has 1 aliphatic rings. The van der Waals surface area contributed by atoms with Crippen molar-refractivity contribution in [2.45, 2.75) is 6.10 Å². The van der Waals surface area contributed by atoms with Crippen LogP contribution in [0.4, 0.5) is 4.39 Å². The summed E-state index contributed by atoms with van der Waals surface area (Å²) in [5.74, 6) is -0.875. The largest absolute Gasteiger partial charge is 0.467 e. The van der Waals surface area contributed by atoms with Gasteiger partial charge in [-0.1, -0.05) is 17.7 Å². The topological polar surface area (TPSA) is 96.3 Å². The fourth-order valence-electron chi connectivity index (χ4n) is 3.05. The fraction of sp³-hybridized carbons (Fsp3) is 0.350. The molecule has 2 heterocycles. The van der Waals surface area contributed by atoms with Crippen LogP contribution in [0.1, 0.15) is 17.2 Å². The SMILES string of the molecule is N#Cc1cccnc1OCC(=O)NC[C@@H]1CNCCO[C@H]1c1ccc(Cl)c(F)c1. The maximum Gasteiger partial charge on any atom is 0.258 e. The summed E-state index contributed by atoms with van der Waals surface area (Å²) in [5, 5.41) is 15.1. The molecule has 1 saturated heterocycles. The maximum atomic E-state index is 13.9. The van der Waals surface area contributed by atoms with Crippen molar-refractivity contribution in [3.05, 3.63) is 58.5 Å². The summed E-state index contributed by atoms with van der Waals surface area (Å²) in [6.45, 7) is 1.76. The minimum Gasteiger partial charge on any atom is -0.467 e. The highest BCUT2D eigenvalue weighted by Gasteiger charge is 2.27. The third-order valence-corrected chi connectivity index (χ3v) is 4.78. The molecule has 1 amide bonds. The predicted octanol–water partition coefficient (Wildman–Crippen LogP) is 2.22. The summed E-state index contributed by atoms with van der Waals surface area (Å²) in [6, 6.07) is 9.72. The van der Waals surface area contributed by atoms with E-state index in [4.69, 9.17) is 26.3 Å². The molecule has 1 aromatic carbocycles. The molecule has 0 saturated carbocycles. The molecule has 2 aromatic rings. The Labute approximate surface area is 172 Å². The second kappa shape index (κ2) is 10.2. The number of nitriles is 1. The number of amides is 1. The van der Waals surface area contributed by atoms with Crippen LogP contribution < -0.4 is 15.4 Å². The Hall–Kier alpha value is -2.73. The highest BCUT2D eigenvalue weighted by atomic mass is 35.5. The van der Waals surface area contributed by atoms with Gasteiger partial charge in [-0.05, 0) is 29.8 Å². The quantitative estimate of drug-likeness (QED) is 0.746. The molecule has 0 radical (unpaired) electrons. The Morgan fingerprint density at radius 1 is 1.48 bits per heavy atom.